The van der Waals surface area contributed by atoms with Gasteiger partial charge < -0.3 is 4.90 Å². The highest BCUT2D eigenvalue weighted by atomic mass is 32.2. The summed E-state index contributed by atoms with van der Waals surface area (Å²) in [4.78, 5) is 6.73. The van der Waals surface area contributed by atoms with Crippen LogP contribution >= 0.6 is 11.3 Å². The second-order valence-corrected chi connectivity index (χ2v) is 9.53. The lowest BCUT2D eigenvalue weighted by molar-refractivity contribution is 0.538. The summed E-state index contributed by atoms with van der Waals surface area (Å²) in [6.45, 7) is 4.92. The number of fused-ring (bicyclic) bond motifs is 1. The molecule has 0 aliphatic carbocycles. The lowest BCUT2D eigenvalue weighted by atomic mass is 10.1. The van der Waals surface area contributed by atoms with Crippen molar-refractivity contribution in [3.63, 3.8) is 0 Å². The molecule has 6 heteroatoms. The number of benzene rings is 1. The van der Waals surface area contributed by atoms with E-state index < -0.39 is 14.6 Å². The first-order valence-corrected chi connectivity index (χ1v) is 9.19. The molecule has 1 aromatic carbocycles. The van der Waals surface area contributed by atoms with Crippen LogP contribution in [0.25, 0.3) is 10.2 Å². The molecule has 0 N–H and O–H groups in total. The summed E-state index contributed by atoms with van der Waals surface area (Å²) in [6.07, 6.45) is 0.644. The van der Waals surface area contributed by atoms with Gasteiger partial charge in [-0.25, -0.2) is 13.4 Å². The Balaban J connectivity index is 1.92. The first-order chi connectivity index (χ1) is 9.39. The standard InChI is InChI=1S/C14H18N2O2S2/c1-14(2)7-8-16(9-10-20(14,17)18)13-15-11-5-3-4-6-12(11)19-13/h3-6H,7-10H2,1-2H3. The molecule has 108 valence electrons. The SMILES string of the molecule is CC1(C)CCN(c2nc3ccccc3s2)CCS1(=O)=O. The molecule has 1 aliphatic rings. The van der Waals surface area contributed by atoms with E-state index >= 15 is 0 Å². The largest absolute Gasteiger partial charge is 0.347 e. The zero-order chi connectivity index (χ0) is 14.4. The highest BCUT2D eigenvalue weighted by molar-refractivity contribution is 7.92. The minimum absolute atomic E-state index is 0.204. The third-order valence-electron chi connectivity index (χ3n) is 4.01. The third-order valence-corrected chi connectivity index (χ3v) is 7.71. The Morgan fingerprint density at radius 1 is 1.25 bits per heavy atom. The number of anilines is 1. The quantitative estimate of drug-likeness (QED) is 0.812. The molecular weight excluding hydrogens is 292 g/mol. The number of nitrogens with zero attached hydrogens (tertiary/aromatic N) is 2. The van der Waals surface area contributed by atoms with Gasteiger partial charge in [-0.05, 0) is 32.4 Å². The van der Waals surface area contributed by atoms with Gasteiger partial charge in [-0.3, -0.25) is 0 Å². The fourth-order valence-electron chi connectivity index (χ4n) is 2.36. The maximum atomic E-state index is 12.2. The predicted molar refractivity (Wildman–Crippen MR) is 84.3 cm³/mol. The molecule has 1 aliphatic heterocycles. The van der Waals surface area contributed by atoms with Crippen molar-refractivity contribution in [1.82, 2.24) is 4.98 Å². The van der Waals surface area contributed by atoms with E-state index in [1.54, 1.807) is 11.3 Å². The molecule has 0 bridgehead atoms. The van der Waals surface area contributed by atoms with Gasteiger partial charge >= 0.3 is 0 Å². The van der Waals surface area contributed by atoms with Crippen molar-refractivity contribution in [3.8, 4) is 0 Å². The molecule has 1 fully saturated rings. The molecule has 1 aromatic heterocycles. The number of thiazole rings is 1. The topological polar surface area (TPSA) is 50.3 Å². The van der Waals surface area contributed by atoms with Crippen LogP contribution in [0, 0.1) is 0 Å². The van der Waals surface area contributed by atoms with Crippen LogP contribution in [0.5, 0.6) is 0 Å². The molecule has 0 radical (unpaired) electrons. The predicted octanol–water partition coefficient (Wildman–Crippen LogP) is 2.70. The van der Waals surface area contributed by atoms with Crippen LogP contribution < -0.4 is 4.90 Å². The molecule has 0 atom stereocenters. The fourth-order valence-corrected chi connectivity index (χ4v) is 4.80. The van der Waals surface area contributed by atoms with Crippen molar-refractivity contribution in [2.24, 2.45) is 0 Å². The normalized spacial score (nSPS) is 21.8. The minimum Gasteiger partial charge on any atom is -0.347 e. The molecule has 0 unspecified atom stereocenters. The lowest BCUT2D eigenvalue weighted by Crippen LogP contribution is -2.33. The molecule has 20 heavy (non-hydrogen) atoms. The fraction of sp³-hybridized carbons (Fsp3) is 0.500. The molecule has 2 aromatic rings. The number of hydrogen-bond donors (Lipinski definition) is 0. The Morgan fingerprint density at radius 3 is 2.75 bits per heavy atom. The van der Waals surface area contributed by atoms with Crippen LogP contribution in [0.3, 0.4) is 0 Å². The van der Waals surface area contributed by atoms with Crippen LogP contribution in [0.1, 0.15) is 20.3 Å². The Hall–Kier alpha value is -1.14. The first kappa shape index (κ1) is 13.8. The van der Waals surface area contributed by atoms with Gasteiger partial charge in [0.05, 0.1) is 20.7 Å². The maximum absolute atomic E-state index is 12.2. The van der Waals surface area contributed by atoms with E-state index in [4.69, 9.17) is 0 Å². The summed E-state index contributed by atoms with van der Waals surface area (Å²) in [5, 5.41) is 0.930. The van der Waals surface area contributed by atoms with E-state index in [1.807, 2.05) is 32.0 Å². The van der Waals surface area contributed by atoms with Crippen molar-refractivity contribution in [2.45, 2.75) is 25.0 Å². The van der Waals surface area contributed by atoms with E-state index in [2.05, 4.69) is 16.0 Å². The van der Waals surface area contributed by atoms with E-state index in [0.717, 1.165) is 21.9 Å². The van der Waals surface area contributed by atoms with Gasteiger partial charge in [-0.2, -0.15) is 0 Å². The second kappa shape index (κ2) is 4.70. The van der Waals surface area contributed by atoms with Crippen LogP contribution in [0.15, 0.2) is 24.3 Å². The molecule has 0 amide bonds. The molecular formula is C14H18N2O2S2. The smallest absolute Gasteiger partial charge is 0.186 e. The Kier molecular flexibility index (Phi) is 3.25. The highest BCUT2D eigenvalue weighted by Gasteiger charge is 2.37. The van der Waals surface area contributed by atoms with E-state index in [-0.39, 0.29) is 5.75 Å². The zero-order valence-corrected chi connectivity index (χ0v) is 13.3. The van der Waals surface area contributed by atoms with Crippen LogP contribution in [0.4, 0.5) is 5.13 Å². The Labute approximate surface area is 123 Å². The molecule has 1 saturated heterocycles. The second-order valence-electron chi connectivity index (χ2n) is 5.78. The van der Waals surface area contributed by atoms with Gasteiger partial charge in [0.2, 0.25) is 0 Å². The number of hydrogen-bond acceptors (Lipinski definition) is 5. The van der Waals surface area contributed by atoms with Crippen molar-refractivity contribution < 1.29 is 8.42 Å². The van der Waals surface area contributed by atoms with Gasteiger partial charge in [0.1, 0.15) is 0 Å². The van der Waals surface area contributed by atoms with Crippen molar-refractivity contribution in [3.05, 3.63) is 24.3 Å². The third kappa shape index (κ3) is 2.31. The summed E-state index contributed by atoms with van der Waals surface area (Å²) in [5.41, 5.74) is 0.985. The van der Waals surface area contributed by atoms with Gasteiger partial charge in [-0.1, -0.05) is 23.5 Å². The summed E-state index contributed by atoms with van der Waals surface area (Å²) in [6, 6.07) is 8.02. The van der Waals surface area contributed by atoms with Crippen LogP contribution in [-0.2, 0) is 9.84 Å². The van der Waals surface area contributed by atoms with Crippen LogP contribution in [0.2, 0.25) is 0 Å². The van der Waals surface area contributed by atoms with Crippen molar-refractivity contribution in [1.29, 1.82) is 0 Å². The van der Waals surface area contributed by atoms with Crippen LogP contribution in [-0.4, -0.2) is 37.0 Å². The number of rotatable bonds is 1. The van der Waals surface area contributed by atoms with Gasteiger partial charge in [0.25, 0.3) is 0 Å². The van der Waals surface area contributed by atoms with Gasteiger partial charge in [-0.15, -0.1) is 0 Å². The monoisotopic (exact) mass is 310 g/mol. The number of aromatic nitrogens is 1. The number of sulfone groups is 1. The van der Waals surface area contributed by atoms with E-state index in [1.165, 1.54) is 0 Å². The van der Waals surface area contributed by atoms with E-state index in [0.29, 0.717) is 13.0 Å². The first-order valence-electron chi connectivity index (χ1n) is 6.72. The molecule has 0 spiro atoms. The Morgan fingerprint density at radius 2 is 2.00 bits per heavy atom. The lowest BCUT2D eigenvalue weighted by Gasteiger charge is -2.22. The van der Waals surface area contributed by atoms with E-state index in [9.17, 15) is 8.42 Å². The molecule has 2 heterocycles. The summed E-state index contributed by atoms with van der Waals surface area (Å²) in [7, 11) is -3.03. The van der Waals surface area contributed by atoms with Gasteiger partial charge in [0.15, 0.2) is 15.0 Å². The van der Waals surface area contributed by atoms with Crippen molar-refractivity contribution in [2.75, 3.05) is 23.7 Å². The molecule has 3 rings (SSSR count). The maximum Gasteiger partial charge on any atom is 0.186 e. The Bertz CT molecular complexity index is 701. The average Bonchev–Trinajstić information content (AvgIpc) is 2.77. The average molecular weight is 310 g/mol. The molecule has 0 saturated carbocycles. The van der Waals surface area contributed by atoms with Gasteiger partial charge in [0, 0.05) is 13.1 Å². The molecule has 4 nitrogen and oxygen atoms in total. The highest BCUT2D eigenvalue weighted by Crippen LogP contribution is 2.32. The number of para-hydroxylation sites is 1. The van der Waals surface area contributed by atoms with Crippen molar-refractivity contribution >= 4 is 36.5 Å². The summed E-state index contributed by atoms with van der Waals surface area (Å²) in [5.74, 6) is 0.204. The summed E-state index contributed by atoms with van der Waals surface area (Å²) < 4.78 is 25.0. The minimum atomic E-state index is -3.03. The summed E-state index contributed by atoms with van der Waals surface area (Å²) >= 11 is 1.63. The zero-order valence-electron chi connectivity index (χ0n) is 11.7.